The largest absolute Gasteiger partial charge is 0.406 e. The number of nitrogens with two attached hydrogens (primary N) is 1. The maximum absolute atomic E-state index is 12.2. The molecule has 1 amide bonds. The summed E-state index contributed by atoms with van der Waals surface area (Å²) in [5, 5.41) is 0. The lowest BCUT2D eigenvalue weighted by Gasteiger charge is -2.33. The van der Waals surface area contributed by atoms with Crippen LogP contribution in [0.15, 0.2) is 0 Å². The van der Waals surface area contributed by atoms with Crippen LogP contribution in [0.5, 0.6) is 0 Å². The lowest BCUT2D eigenvalue weighted by Crippen LogP contribution is -2.44. The molecule has 0 aromatic carbocycles. The van der Waals surface area contributed by atoms with Crippen molar-refractivity contribution in [1.29, 1.82) is 0 Å². The molecule has 0 aliphatic heterocycles. The van der Waals surface area contributed by atoms with Gasteiger partial charge in [-0.2, -0.15) is 13.2 Å². The van der Waals surface area contributed by atoms with Crippen LogP contribution in [0, 0.1) is 11.8 Å². The van der Waals surface area contributed by atoms with E-state index < -0.39 is 18.6 Å². The third-order valence-electron chi connectivity index (χ3n) is 3.40. The number of carbonyl (C=O) groups is 1. The van der Waals surface area contributed by atoms with E-state index in [1.165, 1.54) is 7.05 Å². The quantitative estimate of drug-likeness (QED) is 0.814. The van der Waals surface area contributed by atoms with Crippen molar-refractivity contribution in [3.05, 3.63) is 0 Å². The molecule has 3 atom stereocenters. The van der Waals surface area contributed by atoms with Crippen molar-refractivity contribution in [3.8, 4) is 0 Å². The number of alkyl halides is 3. The fourth-order valence-corrected chi connectivity index (χ4v) is 2.24. The van der Waals surface area contributed by atoms with Crippen LogP contribution < -0.4 is 5.73 Å². The van der Waals surface area contributed by atoms with E-state index in [9.17, 15) is 18.0 Å². The summed E-state index contributed by atoms with van der Waals surface area (Å²) >= 11 is 0. The number of hydrogen-bond acceptors (Lipinski definition) is 2. The molecule has 1 saturated carbocycles. The first kappa shape index (κ1) is 14.3. The molecule has 0 aromatic rings. The van der Waals surface area contributed by atoms with Crippen LogP contribution in [0.3, 0.4) is 0 Å². The third kappa shape index (κ3) is 4.18. The molecule has 1 rings (SSSR count). The highest BCUT2D eigenvalue weighted by Gasteiger charge is 2.36. The lowest BCUT2D eigenvalue weighted by atomic mass is 9.79. The molecule has 0 heterocycles. The number of rotatable bonds is 2. The van der Waals surface area contributed by atoms with Crippen molar-refractivity contribution in [3.63, 3.8) is 0 Å². The Labute approximate surface area is 99.1 Å². The molecule has 3 unspecified atom stereocenters. The summed E-state index contributed by atoms with van der Waals surface area (Å²) in [7, 11) is 1.19. The molecule has 100 valence electrons. The van der Waals surface area contributed by atoms with Crippen molar-refractivity contribution in [1.82, 2.24) is 4.90 Å². The minimum atomic E-state index is -4.34. The topological polar surface area (TPSA) is 46.3 Å². The highest BCUT2D eigenvalue weighted by Crippen LogP contribution is 2.29. The van der Waals surface area contributed by atoms with Crippen LogP contribution in [0.2, 0.25) is 0 Å². The first-order valence-corrected chi connectivity index (χ1v) is 5.78. The fourth-order valence-electron chi connectivity index (χ4n) is 2.24. The number of halogens is 3. The maximum Gasteiger partial charge on any atom is 0.406 e. The molecule has 6 heteroatoms. The molecule has 2 N–H and O–H groups in total. The molecule has 1 fully saturated rings. The van der Waals surface area contributed by atoms with E-state index >= 15 is 0 Å². The van der Waals surface area contributed by atoms with E-state index in [0.29, 0.717) is 18.8 Å². The number of amides is 1. The summed E-state index contributed by atoms with van der Waals surface area (Å²) in [6.07, 6.45) is -2.41. The second-order valence-corrected chi connectivity index (χ2v) is 4.96. The van der Waals surface area contributed by atoms with E-state index in [2.05, 4.69) is 0 Å². The van der Waals surface area contributed by atoms with Gasteiger partial charge >= 0.3 is 6.18 Å². The SMILES string of the molecule is CC1CCC(C(=O)N(C)CC(F)(F)F)CC1N. The highest BCUT2D eigenvalue weighted by atomic mass is 19.4. The van der Waals surface area contributed by atoms with E-state index in [-0.39, 0.29) is 12.0 Å². The summed E-state index contributed by atoms with van der Waals surface area (Å²) in [5.41, 5.74) is 5.84. The van der Waals surface area contributed by atoms with E-state index in [0.717, 1.165) is 11.3 Å². The lowest BCUT2D eigenvalue weighted by molar-refractivity contribution is -0.161. The number of nitrogens with zero attached hydrogens (tertiary/aromatic N) is 1. The zero-order valence-corrected chi connectivity index (χ0v) is 10.1. The molecular formula is C11H19F3N2O. The van der Waals surface area contributed by atoms with Gasteiger partial charge in [0.05, 0.1) is 0 Å². The molecule has 0 saturated heterocycles. The van der Waals surface area contributed by atoms with Gasteiger partial charge < -0.3 is 10.6 Å². The van der Waals surface area contributed by atoms with Gasteiger partial charge in [-0.1, -0.05) is 6.92 Å². The van der Waals surface area contributed by atoms with Crippen LogP contribution in [-0.2, 0) is 4.79 Å². The van der Waals surface area contributed by atoms with Crippen LogP contribution in [0.4, 0.5) is 13.2 Å². The standard InChI is InChI=1S/C11H19F3N2O/c1-7-3-4-8(5-9(7)15)10(17)16(2)6-11(12,13)14/h7-9H,3-6,15H2,1-2H3. The summed E-state index contributed by atoms with van der Waals surface area (Å²) in [4.78, 5) is 12.6. The van der Waals surface area contributed by atoms with E-state index in [1.807, 2.05) is 6.92 Å². The van der Waals surface area contributed by atoms with Crippen molar-refractivity contribution in [2.75, 3.05) is 13.6 Å². The number of hydrogen-bond donors (Lipinski definition) is 1. The third-order valence-corrected chi connectivity index (χ3v) is 3.40. The van der Waals surface area contributed by atoms with Gasteiger partial charge in [-0.15, -0.1) is 0 Å². The summed E-state index contributed by atoms with van der Waals surface area (Å²) in [5.74, 6) is -0.454. The van der Waals surface area contributed by atoms with Gasteiger partial charge in [0.25, 0.3) is 0 Å². The molecule has 1 aliphatic carbocycles. The average molecular weight is 252 g/mol. The van der Waals surface area contributed by atoms with Crippen LogP contribution in [-0.4, -0.2) is 36.6 Å². The van der Waals surface area contributed by atoms with Gasteiger partial charge in [-0.3, -0.25) is 4.79 Å². The first-order valence-electron chi connectivity index (χ1n) is 5.78. The Kier molecular flexibility index (Phi) is 4.41. The molecule has 17 heavy (non-hydrogen) atoms. The molecule has 0 spiro atoms. The van der Waals surface area contributed by atoms with Gasteiger partial charge in [0.1, 0.15) is 6.54 Å². The summed E-state index contributed by atoms with van der Waals surface area (Å²) in [6, 6.07) is -0.0861. The van der Waals surface area contributed by atoms with E-state index in [4.69, 9.17) is 5.73 Å². The smallest absolute Gasteiger partial charge is 0.336 e. The zero-order chi connectivity index (χ0) is 13.2. The Balaban J connectivity index is 2.53. The van der Waals surface area contributed by atoms with E-state index in [1.54, 1.807) is 0 Å². The van der Waals surface area contributed by atoms with Gasteiger partial charge in [-0.25, -0.2) is 0 Å². The first-order chi connectivity index (χ1) is 7.70. The summed E-state index contributed by atoms with van der Waals surface area (Å²) in [6.45, 7) is 0.817. The Morgan fingerprint density at radius 1 is 1.41 bits per heavy atom. The predicted molar refractivity (Wildman–Crippen MR) is 58.2 cm³/mol. The Hall–Kier alpha value is -0.780. The molecule has 3 nitrogen and oxygen atoms in total. The molecule has 0 radical (unpaired) electrons. The molecular weight excluding hydrogens is 233 g/mol. The van der Waals surface area contributed by atoms with Crippen LogP contribution >= 0.6 is 0 Å². The van der Waals surface area contributed by atoms with Gasteiger partial charge in [0, 0.05) is 19.0 Å². The minimum absolute atomic E-state index is 0.0861. The minimum Gasteiger partial charge on any atom is -0.336 e. The highest BCUT2D eigenvalue weighted by molar-refractivity contribution is 5.78. The summed E-state index contributed by atoms with van der Waals surface area (Å²) < 4.78 is 36.5. The van der Waals surface area contributed by atoms with Crippen LogP contribution in [0.25, 0.3) is 0 Å². The molecule has 0 aromatic heterocycles. The normalized spacial score (nSPS) is 30.1. The predicted octanol–water partition coefficient (Wildman–Crippen LogP) is 1.77. The molecule has 1 aliphatic rings. The van der Waals surface area contributed by atoms with Gasteiger partial charge in [-0.05, 0) is 25.2 Å². The molecule has 0 bridgehead atoms. The average Bonchev–Trinajstić information content (AvgIpc) is 2.18. The van der Waals surface area contributed by atoms with Crippen molar-refractivity contribution in [2.24, 2.45) is 17.6 Å². The second-order valence-electron chi connectivity index (χ2n) is 4.96. The fraction of sp³-hybridized carbons (Fsp3) is 0.909. The Bertz CT molecular complexity index is 280. The Morgan fingerprint density at radius 3 is 2.47 bits per heavy atom. The number of carbonyl (C=O) groups excluding carboxylic acids is 1. The zero-order valence-electron chi connectivity index (χ0n) is 10.1. The second kappa shape index (κ2) is 5.25. The van der Waals surface area contributed by atoms with Crippen molar-refractivity contribution in [2.45, 2.75) is 38.4 Å². The maximum atomic E-state index is 12.2. The Morgan fingerprint density at radius 2 is 2.00 bits per heavy atom. The monoisotopic (exact) mass is 252 g/mol. The van der Waals surface area contributed by atoms with Crippen LogP contribution in [0.1, 0.15) is 26.2 Å². The van der Waals surface area contributed by atoms with Gasteiger partial charge in [0.15, 0.2) is 0 Å². The van der Waals surface area contributed by atoms with Crippen molar-refractivity contribution < 1.29 is 18.0 Å². The van der Waals surface area contributed by atoms with Crippen molar-refractivity contribution >= 4 is 5.91 Å². The van der Waals surface area contributed by atoms with Gasteiger partial charge in [0.2, 0.25) is 5.91 Å².